The Hall–Kier alpha value is -0.730. The number of benzene rings is 1. The number of rotatable bonds is 4. The molecule has 1 aliphatic rings. The number of anilines is 1. The number of hydrogen-bond acceptors (Lipinski definition) is 2. The van der Waals surface area contributed by atoms with Crippen molar-refractivity contribution in [3.8, 4) is 0 Å². The molecule has 2 nitrogen and oxygen atoms in total. The third-order valence-corrected chi connectivity index (χ3v) is 4.08. The molecule has 0 aromatic heterocycles. The molecule has 88 valence electrons. The van der Waals surface area contributed by atoms with Crippen molar-refractivity contribution in [2.45, 2.75) is 26.2 Å². The molecule has 0 atom stereocenters. The molecule has 0 aliphatic heterocycles. The monoisotopic (exact) mass is 239 g/mol. The standard InChI is InChI=1S/C13H18ClNO/c1-10-11(14)4-2-5-12(10)15-8-13(9-16)6-3-7-13/h2,4-5,15-16H,3,6-9H2,1H3. The van der Waals surface area contributed by atoms with E-state index >= 15 is 0 Å². The molecule has 1 saturated carbocycles. The van der Waals surface area contributed by atoms with E-state index in [4.69, 9.17) is 11.6 Å². The predicted molar refractivity (Wildman–Crippen MR) is 68.0 cm³/mol. The Morgan fingerprint density at radius 2 is 2.19 bits per heavy atom. The van der Waals surface area contributed by atoms with E-state index in [0.717, 1.165) is 35.7 Å². The van der Waals surface area contributed by atoms with Crippen LogP contribution < -0.4 is 5.32 Å². The first kappa shape index (κ1) is 11.7. The van der Waals surface area contributed by atoms with Crippen LogP contribution >= 0.6 is 11.6 Å². The maximum atomic E-state index is 9.37. The van der Waals surface area contributed by atoms with Crippen LogP contribution in [0.4, 0.5) is 5.69 Å². The number of hydrogen-bond donors (Lipinski definition) is 2. The summed E-state index contributed by atoms with van der Waals surface area (Å²) in [7, 11) is 0. The molecule has 0 heterocycles. The Morgan fingerprint density at radius 3 is 2.75 bits per heavy atom. The van der Waals surface area contributed by atoms with Crippen molar-refractivity contribution in [1.82, 2.24) is 0 Å². The molecular formula is C13H18ClNO. The molecule has 1 fully saturated rings. The van der Waals surface area contributed by atoms with Gasteiger partial charge in [0.15, 0.2) is 0 Å². The summed E-state index contributed by atoms with van der Waals surface area (Å²) in [6.07, 6.45) is 3.48. The topological polar surface area (TPSA) is 32.3 Å². The zero-order valence-corrected chi connectivity index (χ0v) is 10.3. The van der Waals surface area contributed by atoms with Crippen LogP contribution in [0.3, 0.4) is 0 Å². The molecule has 1 aromatic carbocycles. The van der Waals surface area contributed by atoms with Gasteiger partial charge >= 0.3 is 0 Å². The second kappa shape index (κ2) is 4.64. The van der Waals surface area contributed by atoms with E-state index in [1.807, 2.05) is 25.1 Å². The van der Waals surface area contributed by atoms with Crippen molar-refractivity contribution < 1.29 is 5.11 Å². The molecule has 3 heteroatoms. The average Bonchev–Trinajstić information content (AvgIpc) is 2.23. The van der Waals surface area contributed by atoms with Gasteiger partial charge in [0.1, 0.15) is 0 Å². The van der Waals surface area contributed by atoms with E-state index in [2.05, 4.69) is 5.32 Å². The Bertz CT molecular complexity index is 369. The van der Waals surface area contributed by atoms with Gasteiger partial charge in [0.05, 0.1) is 6.61 Å². The van der Waals surface area contributed by atoms with Crippen LogP contribution in [-0.4, -0.2) is 18.3 Å². The van der Waals surface area contributed by atoms with E-state index in [-0.39, 0.29) is 12.0 Å². The summed E-state index contributed by atoms with van der Waals surface area (Å²) in [6, 6.07) is 5.88. The number of aliphatic hydroxyl groups is 1. The van der Waals surface area contributed by atoms with Gasteiger partial charge in [0.2, 0.25) is 0 Å². The van der Waals surface area contributed by atoms with E-state index in [0.29, 0.717) is 0 Å². The van der Waals surface area contributed by atoms with Crippen molar-refractivity contribution in [3.05, 3.63) is 28.8 Å². The van der Waals surface area contributed by atoms with E-state index in [1.54, 1.807) is 0 Å². The fourth-order valence-corrected chi connectivity index (χ4v) is 2.32. The normalized spacial score (nSPS) is 17.9. The van der Waals surface area contributed by atoms with Crippen molar-refractivity contribution >= 4 is 17.3 Å². The van der Waals surface area contributed by atoms with E-state index in [1.165, 1.54) is 6.42 Å². The first-order valence-corrected chi connectivity index (χ1v) is 6.14. The first-order chi connectivity index (χ1) is 7.67. The number of nitrogens with one attached hydrogen (secondary N) is 1. The summed E-state index contributed by atoms with van der Waals surface area (Å²) in [5.41, 5.74) is 2.26. The summed E-state index contributed by atoms with van der Waals surface area (Å²) < 4.78 is 0. The molecule has 1 aromatic rings. The maximum absolute atomic E-state index is 9.37. The summed E-state index contributed by atoms with van der Waals surface area (Å²) in [5.74, 6) is 0. The van der Waals surface area contributed by atoms with Crippen molar-refractivity contribution in [2.24, 2.45) is 5.41 Å². The number of aliphatic hydroxyl groups excluding tert-OH is 1. The lowest BCUT2D eigenvalue weighted by atomic mass is 9.69. The zero-order valence-electron chi connectivity index (χ0n) is 9.59. The molecule has 0 bridgehead atoms. The average molecular weight is 240 g/mol. The summed E-state index contributed by atoms with van der Waals surface area (Å²) in [4.78, 5) is 0. The van der Waals surface area contributed by atoms with Crippen LogP contribution in [0.25, 0.3) is 0 Å². The second-order valence-electron chi connectivity index (χ2n) is 4.78. The van der Waals surface area contributed by atoms with Gasteiger partial charge in [-0.3, -0.25) is 0 Å². The lowest BCUT2D eigenvalue weighted by Crippen LogP contribution is -2.39. The number of halogens is 1. The van der Waals surface area contributed by atoms with Crippen molar-refractivity contribution in [2.75, 3.05) is 18.5 Å². The largest absolute Gasteiger partial charge is 0.396 e. The molecule has 2 N–H and O–H groups in total. The lowest BCUT2D eigenvalue weighted by Gasteiger charge is -2.40. The summed E-state index contributed by atoms with van der Waals surface area (Å²) >= 11 is 6.06. The Labute approximate surface area is 102 Å². The third-order valence-electron chi connectivity index (χ3n) is 3.67. The fourth-order valence-electron chi connectivity index (χ4n) is 2.15. The smallest absolute Gasteiger partial charge is 0.0504 e. The molecule has 0 unspecified atom stereocenters. The van der Waals surface area contributed by atoms with Crippen LogP contribution in [-0.2, 0) is 0 Å². The van der Waals surface area contributed by atoms with Gasteiger partial charge in [0, 0.05) is 22.7 Å². The molecular weight excluding hydrogens is 222 g/mol. The van der Waals surface area contributed by atoms with Gasteiger partial charge in [0.25, 0.3) is 0 Å². The second-order valence-corrected chi connectivity index (χ2v) is 5.18. The van der Waals surface area contributed by atoms with Crippen LogP contribution in [0.5, 0.6) is 0 Å². The van der Waals surface area contributed by atoms with Gasteiger partial charge in [-0.25, -0.2) is 0 Å². The molecule has 0 radical (unpaired) electrons. The Morgan fingerprint density at radius 1 is 1.44 bits per heavy atom. The Kier molecular flexibility index (Phi) is 3.41. The van der Waals surface area contributed by atoms with Crippen LogP contribution in [0.15, 0.2) is 18.2 Å². The van der Waals surface area contributed by atoms with Crippen molar-refractivity contribution in [1.29, 1.82) is 0 Å². The molecule has 2 rings (SSSR count). The molecule has 0 spiro atoms. The molecule has 1 aliphatic carbocycles. The summed E-state index contributed by atoms with van der Waals surface area (Å²) in [5, 5.41) is 13.6. The molecule has 16 heavy (non-hydrogen) atoms. The molecule has 0 amide bonds. The highest BCUT2D eigenvalue weighted by Crippen LogP contribution is 2.40. The van der Waals surface area contributed by atoms with E-state index in [9.17, 15) is 5.11 Å². The van der Waals surface area contributed by atoms with Crippen LogP contribution in [0.1, 0.15) is 24.8 Å². The van der Waals surface area contributed by atoms with Gasteiger partial charge in [-0.2, -0.15) is 0 Å². The minimum absolute atomic E-state index is 0.106. The lowest BCUT2D eigenvalue weighted by molar-refractivity contribution is 0.0576. The van der Waals surface area contributed by atoms with Gasteiger partial charge in [-0.15, -0.1) is 0 Å². The SMILES string of the molecule is Cc1c(Cl)cccc1NCC1(CO)CCC1. The quantitative estimate of drug-likeness (QED) is 0.846. The zero-order chi connectivity index (χ0) is 11.6. The highest BCUT2D eigenvalue weighted by molar-refractivity contribution is 6.31. The van der Waals surface area contributed by atoms with Crippen LogP contribution in [0, 0.1) is 12.3 Å². The highest BCUT2D eigenvalue weighted by atomic mass is 35.5. The maximum Gasteiger partial charge on any atom is 0.0504 e. The minimum atomic E-state index is 0.106. The highest BCUT2D eigenvalue weighted by Gasteiger charge is 2.36. The molecule has 0 saturated heterocycles. The minimum Gasteiger partial charge on any atom is -0.396 e. The van der Waals surface area contributed by atoms with Gasteiger partial charge < -0.3 is 10.4 Å². The summed E-state index contributed by atoms with van der Waals surface area (Å²) in [6.45, 7) is 3.13. The Balaban J connectivity index is 2.02. The van der Waals surface area contributed by atoms with E-state index < -0.39 is 0 Å². The fraction of sp³-hybridized carbons (Fsp3) is 0.538. The van der Waals surface area contributed by atoms with Gasteiger partial charge in [-0.1, -0.05) is 24.1 Å². The predicted octanol–water partition coefficient (Wildman–Crippen LogP) is 3.22. The van der Waals surface area contributed by atoms with Gasteiger partial charge in [-0.05, 0) is 37.5 Å². The first-order valence-electron chi connectivity index (χ1n) is 5.77. The van der Waals surface area contributed by atoms with Crippen LogP contribution in [0.2, 0.25) is 5.02 Å². The third kappa shape index (κ3) is 2.18. The van der Waals surface area contributed by atoms with Crippen molar-refractivity contribution in [3.63, 3.8) is 0 Å².